The molecule has 0 atom stereocenters. The minimum Gasteiger partial charge on any atom is -0.369 e. The normalized spacial score (nSPS) is 10.9. The van der Waals surface area contributed by atoms with E-state index in [1.807, 2.05) is 37.3 Å². The topological polar surface area (TPSA) is 88.8 Å². The highest BCUT2D eigenvalue weighted by Gasteiger charge is 2.15. The van der Waals surface area contributed by atoms with Gasteiger partial charge >= 0.3 is 0 Å². The average molecular weight is 299 g/mol. The third-order valence-electron chi connectivity index (χ3n) is 3.23. The van der Waals surface area contributed by atoms with Gasteiger partial charge in [0, 0.05) is 4.88 Å². The summed E-state index contributed by atoms with van der Waals surface area (Å²) in [5.74, 6) is -0.213. The Morgan fingerprint density at radius 3 is 2.71 bits per heavy atom. The molecule has 0 spiro atoms. The largest absolute Gasteiger partial charge is 0.369 e. The van der Waals surface area contributed by atoms with Crippen LogP contribution in [0.5, 0.6) is 0 Å². The van der Waals surface area contributed by atoms with Crippen LogP contribution in [0.25, 0.3) is 20.7 Å². The summed E-state index contributed by atoms with van der Waals surface area (Å²) in [4.78, 5) is 31.8. The number of carbonyl (C=O) groups is 1. The lowest BCUT2D eigenvalue weighted by Gasteiger charge is -1.98. The molecule has 0 fully saturated rings. The number of aromatic nitrogens is 2. The van der Waals surface area contributed by atoms with E-state index in [-0.39, 0.29) is 12.0 Å². The van der Waals surface area contributed by atoms with E-state index in [1.54, 1.807) is 0 Å². The lowest BCUT2D eigenvalue weighted by atomic mass is 10.1. The van der Waals surface area contributed by atoms with E-state index in [1.165, 1.54) is 11.3 Å². The Labute approximate surface area is 124 Å². The predicted octanol–water partition coefficient (Wildman–Crippen LogP) is 1.99. The van der Waals surface area contributed by atoms with Crippen LogP contribution < -0.4 is 11.3 Å². The van der Waals surface area contributed by atoms with Gasteiger partial charge in [-0.05, 0) is 18.1 Å². The van der Waals surface area contributed by atoms with Crippen molar-refractivity contribution in [3.63, 3.8) is 0 Å². The lowest BCUT2D eigenvalue weighted by Crippen LogP contribution is -2.19. The minimum absolute atomic E-state index is 0.0667. The van der Waals surface area contributed by atoms with E-state index in [9.17, 15) is 9.59 Å². The molecule has 3 aromatic rings. The molecule has 0 radical (unpaired) electrons. The molecule has 2 aromatic heterocycles. The van der Waals surface area contributed by atoms with Gasteiger partial charge < -0.3 is 10.7 Å². The number of fused-ring (bicyclic) bond motifs is 1. The average Bonchev–Trinajstić information content (AvgIpc) is 2.76. The van der Waals surface area contributed by atoms with Crippen molar-refractivity contribution < 1.29 is 4.79 Å². The fourth-order valence-corrected chi connectivity index (χ4v) is 3.51. The van der Waals surface area contributed by atoms with Gasteiger partial charge in [0.2, 0.25) is 5.91 Å². The zero-order valence-corrected chi connectivity index (χ0v) is 12.2. The van der Waals surface area contributed by atoms with Crippen molar-refractivity contribution in [2.75, 3.05) is 0 Å². The number of carbonyl (C=O) groups excluding carboxylic acids is 1. The first-order valence-electron chi connectivity index (χ1n) is 6.42. The fourth-order valence-electron chi connectivity index (χ4n) is 2.30. The van der Waals surface area contributed by atoms with Gasteiger partial charge in [-0.1, -0.05) is 30.3 Å². The van der Waals surface area contributed by atoms with Gasteiger partial charge in [0.05, 0.1) is 11.8 Å². The van der Waals surface area contributed by atoms with Gasteiger partial charge in [0.15, 0.2) is 0 Å². The number of hydrogen-bond donors (Lipinski definition) is 2. The van der Waals surface area contributed by atoms with Crippen molar-refractivity contribution in [1.82, 2.24) is 9.97 Å². The molecule has 1 amide bonds. The summed E-state index contributed by atoms with van der Waals surface area (Å²) < 4.78 is 0. The van der Waals surface area contributed by atoms with Crippen molar-refractivity contribution in [1.29, 1.82) is 0 Å². The standard InChI is InChI=1S/C15H13N3O2S/c1-8-12-14(20)17-11(7-10(16)19)18-15(12)21-13(8)9-5-3-2-4-6-9/h2-6H,7H2,1H3,(H2,16,19)(H,17,18,20). The third kappa shape index (κ3) is 2.45. The number of thiophene rings is 1. The summed E-state index contributed by atoms with van der Waals surface area (Å²) >= 11 is 1.45. The first-order chi connectivity index (χ1) is 10.1. The van der Waals surface area contributed by atoms with Crippen LogP contribution in [-0.4, -0.2) is 15.9 Å². The molecule has 1 aromatic carbocycles. The smallest absolute Gasteiger partial charge is 0.259 e. The van der Waals surface area contributed by atoms with Crippen LogP contribution in [0, 0.1) is 6.92 Å². The Morgan fingerprint density at radius 1 is 1.33 bits per heavy atom. The van der Waals surface area contributed by atoms with Crippen molar-refractivity contribution in [3.8, 4) is 10.4 Å². The highest BCUT2D eigenvalue weighted by atomic mass is 32.1. The van der Waals surface area contributed by atoms with Gasteiger partial charge in [-0.25, -0.2) is 4.98 Å². The number of nitrogens with one attached hydrogen (secondary N) is 1. The number of rotatable bonds is 3. The number of nitrogens with two attached hydrogens (primary N) is 1. The molecule has 3 rings (SSSR count). The van der Waals surface area contributed by atoms with E-state index in [0.29, 0.717) is 16.0 Å². The Hall–Kier alpha value is -2.47. The molecule has 0 unspecified atom stereocenters. The first kappa shape index (κ1) is 13.5. The monoisotopic (exact) mass is 299 g/mol. The highest BCUT2D eigenvalue weighted by Crippen LogP contribution is 2.35. The molecular formula is C15H13N3O2S. The first-order valence-corrected chi connectivity index (χ1v) is 7.24. The molecule has 0 aliphatic carbocycles. The summed E-state index contributed by atoms with van der Waals surface area (Å²) in [6.07, 6.45) is -0.0667. The van der Waals surface area contributed by atoms with Gasteiger partial charge in [-0.15, -0.1) is 11.3 Å². The van der Waals surface area contributed by atoms with E-state index >= 15 is 0 Å². The molecule has 3 N–H and O–H groups in total. The zero-order valence-electron chi connectivity index (χ0n) is 11.3. The maximum Gasteiger partial charge on any atom is 0.259 e. The maximum atomic E-state index is 12.2. The highest BCUT2D eigenvalue weighted by molar-refractivity contribution is 7.22. The van der Waals surface area contributed by atoms with Crippen LogP contribution in [0.2, 0.25) is 0 Å². The number of H-pyrrole nitrogens is 1. The van der Waals surface area contributed by atoms with E-state index in [4.69, 9.17) is 5.73 Å². The summed E-state index contributed by atoms with van der Waals surface area (Å²) in [5.41, 5.74) is 6.87. The Bertz CT molecular complexity index is 881. The van der Waals surface area contributed by atoms with Crippen molar-refractivity contribution >= 4 is 27.5 Å². The SMILES string of the molecule is Cc1c(-c2ccccc2)sc2nc(CC(N)=O)[nH]c(=O)c12. The van der Waals surface area contributed by atoms with Gasteiger partial charge in [0.25, 0.3) is 5.56 Å². The van der Waals surface area contributed by atoms with Crippen LogP contribution >= 0.6 is 11.3 Å². The zero-order chi connectivity index (χ0) is 15.0. The Kier molecular flexibility index (Phi) is 3.31. The van der Waals surface area contributed by atoms with E-state index in [0.717, 1.165) is 16.0 Å². The van der Waals surface area contributed by atoms with Crippen molar-refractivity contribution in [2.24, 2.45) is 5.73 Å². The van der Waals surface area contributed by atoms with E-state index < -0.39 is 5.91 Å². The molecule has 21 heavy (non-hydrogen) atoms. The Balaban J connectivity index is 2.22. The maximum absolute atomic E-state index is 12.2. The number of nitrogens with zero attached hydrogens (tertiary/aromatic N) is 1. The number of aromatic amines is 1. The number of benzene rings is 1. The number of amides is 1. The predicted molar refractivity (Wildman–Crippen MR) is 83.3 cm³/mol. The molecule has 0 aliphatic rings. The van der Waals surface area contributed by atoms with Crippen LogP contribution in [0.3, 0.4) is 0 Å². The second-order valence-electron chi connectivity index (χ2n) is 4.76. The molecule has 0 aliphatic heterocycles. The van der Waals surface area contributed by atoms with Gasteiger partial charge in [-0.2, -0.15) is 0 Å². The van der Waals surface area contributed by atoms with Crippen molar-refractivity contribution in [2.45, 2.75) is 13.3 Å². The quantitative estimate of drug-likeness (QED) is 0.775. The summed E-state index contributed by atoms with van der Waals surface area (Å²) in [7, 11) is 0. The number of primary amides is 1. The lowest BCUT2D eigenvalue weighted by molar-refractivity contribution is -0.117. The molecule has 0 saturated carbocycles. The molecule has 0 saturated heterocycles. The molecular weight excluding hydrogens is 286 g/mol. The molecule has 106 valence electrons. The van der Waals surface area contributed by atoms with Gasteiger partial charge in [0.1, 0.15) is 10.7 Å². The summed E-state index contributed by atoms with van der Waals surface area (Å²) in [6.45, 7) is 1.91. The second kappa shape index (κ2) is 5.14. The molecule has 5 nitrogen and oxygen atoms in total. The number of aryl methyl sites for hydroxylation is 1. The fraction of sp³-hybridized carbons (Fsp3) is 0.133. The molecule has 0 bridgehead atoms. The molecule has 6 heteroatoms. The van der Waals surface area contributed by atoms with Crippen LogP contribution in [0.1, 0.15) is 11.4 Å². The third-order valence-corrected chi connectivity index (χ3v) is 4.46. The minimum atomic E-state index is -0.519. The summed E-state index contributed by atoms with van der Waals surface area (Å²) in [6, 6.07) is 9.85. The van der Waals surface area contributed by atoms with Crippen LogP contribution in [0.4, 0.5) is 0 Å². The van der Waals surface area contributed by atoms with Gasteiger partial charge in [-0.3, -0.25) is 9.59 Å². The summed E-state index contributed by atoms with van der Waals surface area (Å²) in [5, 5.41) is 0.576. The Morgan fingerprint density at radius 2 is 2.05 bits per heavy atom. The molecule has 2 heterocycles. The van der Waals surface area contributed by atoms with E-state index in [2.05, 4.69) is 9.97 Å². The van der Waals surface area contributed by atoms with Crippen LogP contribution in [-0.2, 0) is 11.2 Å². The second-order valence-corrected chi connectivity index (χ2v) is 5.76. The van der Waals surface area contributed by atoms with Crippen LogP contribution in [0.15, 0.2) is 35.1 Å². The number of hydrogen-bond acceptors (Lipinski definition) is 4. The van der Waals surface area contributed by atoms with Crippen molar-refractivity contribution in [3.05, 3.63) is 52.1 Å².